The third-order valence-corrected chi connectivity index (χ3v) is 12.4. The summed E-state index contributed by atoms with van der Waals surface area (Å²) in [4.78, 5) is 0. The summed E-state index contributed by atoms with van der Waals surface area (Å²) in [7, 11) is 0. The molecule has 2 aromatic carbocycles. The maximum absolute atomic E-state index is 10.3. The summed E-state index contributed by atoms with van der Waals surface area (Å²) >= 11 is 34.8. The van der Waals surface area contributed by atoms with Gasteiger partial charge in [-0.15, -0.1) is 0 Å². The van der Waals surface area contributed by atoms with Gasteiger partial charge in [-0.1, -0.05) is 0 Å². The molecule has 0 radical (unpaired) electrons. The van der Waals surface area contributed by atoms with E-state index in [-0.39, 0.29) is 11.5 Å². The zero-order chi connectivity index (χ0) is 20.1. The molecular weight excluding hydrogens is 999 g/mol. The molecule has 0 aromatic heterocycles. The Morgan fingerprint density at radius 2 is 0.692 bits per heavy atom. The maximum Gasteiger partial charge on any atom is 0.146 e. The maximum atomic E-state index is 10.3. The highest BCUT2D eigenvalue weighted by Crippen LogP contribution is 2.55. The first kappa shape index (κ1) is 24.8. The van der Waals surface area contributed by atoms with Crippen LogP contribution < -0.4 is 0 Å². The van der Waals surface area contributed by atoms with Crippen LogP contribution in [0.2, 0.25) is 0 Å². The Bertz CT molecular complexity index is 834. The van der Waals surface area contributed by atoms with E-state index in [0.717, 1.165) is 16.7 Å². The fourth-order valence-corrected chi connectivity index (χ4v) is 7.77. The van der Waals surface area contributed by atoms with Crippen LogP contribution >= 0.6 is 159 Å². The van der Waals surface area contributed by atoms with Crippen LogP contribution in [-0.4, -0.2) is 10.2 Å². The zero-order valence-electron chi connectivity index (χ0n) is 11.7. The van der Waals surface area contributed by atoms with Crippen LogP contribution in [0.15, 0.2) is 39.2 Å². The fourth-order valence-electron chi connectivity index (χ4n) is 1.99. The summed E-state index contributed by atoms with van der Waals surface area (Å²) < 4.78 is 5.16. The van der Waals surface area contributed by atoms with Crippen molar-refractivity contribution in [2.75, 3.05) is 0 Å². The summed E-state index contributed by atoms with van der Waals surface area (Å²) in [5, 5.41) is 20.5. The van der Waals surface area contributed by atoms with E-state index >= 15 is 0 Å². The second-order valence-electron chi connectivity index (χ2n) is 4.59. The lowest BCUT2D eigenvalue weighted by Gasteiger charge is -2.21. The molecule has 2 aromatic rings. The summed E-state index contributed by atoms with van der Waals surface area (Å²) in [5.74, 6) is 0.118. The van der Waals surface area contributed by atoms with E-state index in [1.165, 1.54) is 0 Å². The van der Waals surface area contributed by atoms with Crippen molar-refractivity contribution in [1.82, 2.24) is 0 Å². The Labute approximate surface area is 233 Å². The highest BCUT2D eigenvalue weighted by molar-refractivity contribution is 9.28. The van der Waals surface area contributed by atoms with Crippen LogP contribution in [0.1, 0.15) is 11.1 Å². The zero-order valence-corrected chi connectivity index (χ0v) is 27.5. The number of halogens is 10. The Hall–Kier alpha value is 2.58. The van der Waals surface area contributed by atoms with Crippen molar-refractivity contribution in [1.29, 1.82) is 0 Å². The number of phenolic OH excluding ortho intramolecular Hbond substituents is 2. The predicted octanol–water partition coefficient (Wildman–Crippen LogP) is 10.7. The molecule has 140 valence electrons. The molecule has 26 heavy (non-hydrogen) atoms. The van der Waals surface area contributed by atoms with E-state index in [1.54, 1.807) is 0 Å². The number of rotatable bonds is 2. The van der Waals surface area contributed by atoms with E-state index in [2.05, 4.69) is 159 Å². The first-order valence-corrected chi connectivity index (χ1v) is 14.0. The van der Waals surface area contributed by atoms with Crippen molar-refractivity contribution < 1.29 is 10.2 Å². The minimum Gasteiger partial charge on any atom is -0.505 e. The van der Waals surface area contributed by atoms with Gasteiger partial charge >= 0.3 is 0 Å². The van der Waals surface area contributed by atoms with Gasteiger partial charge in [-0.05, 0) is 159 Å². The van der Waals surface area contributed by atoms with Crippen LogP contribution in [0.4, 0.5) is 0 Å². The Kier molecular flexibility index (Phi) is 9.37. The number of hydrogen-bond acceptors (Lipinski definition) is 2. The molecule has 2 rings (SSSR count). The fraction of sp³-hybridized carbons (Fsp3) is 0. The van der Waals surface area contributed by atoms with Crippen molar-refractivity contribution in [2.45, 2.75) is 0 Å². The first-order chi connectivity index (χ1) is 11.9. The molecule has 0 saturated carbocycles. The minimum absolute atomic E-state index is 0.0590. The van der Waals surface area contributed by atoms with Crippen molar-refractivity contribution in [3.63, 3.8) is 0 Å². The molecule has 0 atom stereocenters. The van der Waals surface area contributed by atoms with Gasteiger partial charge in [0.25, 0.3) is 0 Å². The van der Waals surface area contributed by atoms with Crippen LogP contribution in [-0.2, 0) is 0 Å². The van der Waals surface area contributed by atoms with Gasteiger partial charge in [0.05, 0.1) is 21.3 Å². The molecule has 12 heteroatoms. The molecule has 0 heterocycles. The number of aromatic hydroxyl groups is 2. The largest absolute Gasteiger partial charge is 0.505 e. The molecule has 2 N–H and O–H groups in total. The van der Waals surface area contributed by atoms with E-state index in [1.807, 2.05) is 0 Å². The highest BCUT2D eigenvalue weighted by atomic mass is 79.9. The van der Waals surface area contributed by atoms with Gasteiger partial charge in [-0.3, -0.25) is 0 Å². The standard InChI is InChI=1S/C14H2Br10O2/c15-4-2(5(16)9(20)12(25)8(4)19)1(14(23)24)3-6(17)10(21)13(26)11(22)7(3)18/h25-26H. The number of hydrogen-bond donors (Lipinski definition) is 2. The molecule has 0 spiro atoms. The molecule has 0 aliphatic carbocycles. The monoisotopic (exact) mass is 991 g/mol. The lowest BCUT2D eigenvalue weighted by atomic mass is 9.99. The number of benzene rings is 2. The Morgan fingerprint density at radius 3 is 0.885 bits per heavy atom. The van der Waals surface area contributed by atoms with E-state index in [0.29, 0.717) is 39.2 Å². The van der Waals surface area contributed by atoms with E-state index in [9.17, 15) is 10.2 Å². The molecule has 0 unspecified atom stereocenters. The molecule has 0 bridgehead atoms. The van der Waals surface area contributed by atoms with Gasteiger partial charge in [-0.25, -0.2) is 0 Å². The molecular formula is C14H2Br10O2. The Balaban J connectivity index is 3.06. The molecule has 0 saturated heterocycles. The normalized spacial score (nSPS) is 11.0. The summed E-state index contributed by atoms with van der Waals surface area (Å²) in [6.45, 7) is 0. The number of phenols is 2. The molecule has 2 nitrogen and oxygen atoms in total. The van der Waals surface area contributed by atoms with Gasteiger partial charge in [0.15, 0.2) is 0 Å². The third kappa shape index (κ3) is 4.44. The third-order valence-electron chi connectivity index (χ3n) is 3.17. The summed E-state index contributed by atoms with van der Waals surface area (Å²) in [5.41, 5.74) is 2.23. The van der Waals surface area contributed by atoms with Crippen LogP contribution in [0.5, 0.6) is 11.5 Å². The van der Waals surface area contributed by atoms with Crippen LogP contribution in [0.25, 0.3) is 5.57 Å². The van der Waals surface area contributed by atoms with Crippen molar-refractivity contribution in [3.05, 3.63) is 50.3 Å². The van der Waals surface area contributed by atoms with Gasteiger partial charge < -0.3 is 10.2 Å². The topological polar surface area (TPSA) is 40.5 Å². The quantitative estimate of drug-likeness (QED) is 0.295. The van der Waals surface area contributed by atoms with Crippen LogP contribution in [0.3, 0.4) is 0 Å². The van der Waals surface area contributed by atoms with Gasteiger partial charge in [0.1, 0.15) is 11.5 Å². The van der Waals surface area contributed by atoms with E-state index < -0.39 is 0 Å². The molecule has 0 aliphatic heterocycles. The predicted molar refractivity (Wildman–Crippen MR) is 142 cm³/mol. The second kappa shape index (κ2) is 9.80. The smallest absolute Gasteiger partial charge is 0.146 e. The van der Waals surface area contributed by atoms with Gasteiger partial charge in [0.2, 0.25) is 0 Å². The lowest BCUT2D eigenvalue weighted by Crippen LogP contribution is -1.98. The van der Waals surface area contributed by atoms with Crippen molar-refractivity contribution in [2.24, 2.45) is 0 Å². The average molecular weight is 1000 g/mol. The summed E-state index contributed by atoms with van der Waals surface area (Å²) in [6, 6.07) is 0. The molecule has 0 aliphatic rings. The average Bonchev–Trinajstić information content (AvgIpc) is 2.60. The Morgan fingerprint density at radius 1 is 0.462 bits per heavy atom. The molecule has 0 amide bonds. The van der Waals surface area contributed by atoms with Crippen molar-refractivity contribution >= 4 is 165 Å². The lowest BCUT2D eigenvalue weighted by molar-refractivity contribution is 0.467. The SMILES string of the molecule is Oc1c(Br)c(Br)c(C(=C(Br)Br)c2c(Br)c(Br)c(O)c(Br)c2Br)c(Br)c1Br. The second-order valence-corrected chi connectivity index (χ2v) is 13.6. The summed E-state index contributed by atoms with van der Waals surface area (Å²) in [6.07, 6.45) is 0. The van der Waals surface area contributed by atoms with Crippen LogP contribution in [0, 0.1) is 0 Å². The minimum atomic E-state index is 0.0590. The van der Waals surface area contributed by atoms with Gasteiger partial charge in [-0.2, -0.15) is 0 Å². The van der Waals surface area contributed by atoms with E-state index in [4.69, 9.17) is 0 Å². The molecule has 0 fully saturated rings. The highest BCUT2D eigenvalue weighted by Gasteiger charge is 2.28. The van der Waals surface area contributed by atoms with Gasteiger partial charge in [0, 0.05) is 34.6 Å². The first-order valence-electron chi connectivity index (χ1n) is 6.09. The van der Waals surface area contributed by atoms with Crippen molar-refractivity contribution in [3.8, 4) is 11.5 Å².